The Labute approximate surface area is 110 Å². The number of aliphatic imine (C=N–C) groups is 1. The average molecular weight is 216 g/mol. The van der Waals surface area contributed by atoms with E-state index in [-0.39, 0.29) is 46.8 Å². The second kappa shape index (κ2) is 6.91. The van der Waals surface area contributed by atoms with Crippen molar-refractivity contribution >= 4 is 17.7 Å². The molecule has 0 radical (unpaired) electrons. The second-order valence-corrected chi connectivity index (χ2v) is 2.84. The third-order valence-corrected chi connectivity index (χ3v) is 1.71. The molecule has 1 aromatic rings. The third-order valence-electron chi connectivity index (χ3n) is 1.47. The van der Waals surface area contributed by atoms with Gasteiger partial charge in [0.1, 0.15) is 5.82 Å². The zero-order chi connectivity index (χ0) is 9.68. The zero-order valence-electron chi connectivity index (χ0n) is 7.70. The van der Waals surface area contributed by atoms with E-state index in [0.29, 0.717) is 5.56 Å². The van der Waals surface area contributed by atoms with Crippen LogP contribution in [0.25, 0.3) is 0 Å². The predicted molar refractivity (Wildman–Crippen MR) is 50.5 cm³/mol. The van der Waals surface area contributed by atoms with E-state index in [1.165, 1.54) is 6.07 Å². The minimum atomic E-state index is -0.321. The van der Waals surface area contributed by atoms with Crippen LogP contribution in [0.1, 0.15) is 5.56 Å². The fourth-order valence-electron chi connectivity index (χ4n) is 0.900. The summed E-state index contributed by atoms with van der Waals surface area (Å²) in [5.74, 6) is -0.321. The molecule has 0 aromatic heterocycles. The molecular formula is C9H6FN2NaS. The van der Waals surface area contributed by atoms with Gasteiger partial charge in [0.15, 0.2) is 0 Å². The summed E-state index contributed by atoms with van der Waals surface area (Å²) in [6.07, 6.45) is 1.77. The quantitative estimate of drug-likeness (QED) is 0.205. The van der Waals surface area contributed by atoms with Gasteiger partial charge in [-0.25, -0.2) is 9.38 Å². The summed E-state index contributed by atoms with van der Waals surface area (Å²) >= 11 is 4.74. The monoisotopic (exact) mass is 216 g/mol. The van der Waals surface area contributed by atoms with Crippen molar-refractivity contribution in [3.05, 3.63) is 35.6 Å². The Hall–Kier alpha value is -0.470. The van der Waals surface area contributed by atoms with Crippen LogP contribution in [-0.2, 0) is 19.0 Å². The van der Waals surface area contributed by atoms with Crippen LogP contribution >= 0.6 is 0 Å². The Morgan fingerprint density at radius 3 is 2.71 bits per heavy atom. The Morgan fingerprint density at radius 1 is 1.50 bits per heavy atom. The fraction of sp³-hybridized carbons (Fsp3) is 0.111. The Kier molecular flexibility index (Phi) is 6.67. The van der Waals surface area contributed by atoms with E-state index >= 15 is 0 Å². The summed E-state index contributed by atoms with van der Waals surface area (Å²) in [4.78, 5) is 3.33. The van der Waals surface area contributed by atoms with Crippen LogP contribution in [-0.4, -0.2) is 5.04 Å². The summed E-state index contributed by atoms with van der Waals surface area (Å²) in [6.45, 7) is 0. The molecule has 0 aliphatic rings. The van der Waals surface area contributed by atoms with E-state index in [1.54, 1.807) is 24.4 Å². The summed E-state index contributed by atoms with van der Waals surface area (Å²) in [7, 11) is 0. The first-order valence-electron chi connectivity index (χ1n) is 3.60. The summed E-state index contributed by atoms with van der Waals surface area (Å²) in [6, 6.07) is 6.29. The molecule has 14 heavy (non-hydrogen) atoms. The molecule has 0 aliphatic carbocycles. The van der Waals surface area contributed by atoms with Crippen molar-refractivity contribution in [3.63, 3.8) is 0 Å². The predicted octanol–water partition coefficient (Wildman–Crippen LogP) is -1.20. The molecule has 0 unspecified atom stereocenters. The molecule has 0 amide bonds. The molecule has 0 N–H and O–H groups in total. The zero-order valence-corrected chi connectivity index (χ0v) is 10.5. The molecule has 1 aromatic carbocycles. The first kappa shape index (κ1) is 13.5. The molecule has 1 rings (SSSR count). The van der Waals surface area contributed by atoms with Gasteiger partial charge in [-0.3, -0.25) is 0 Å². The van der Waals surface area contributed by atoms with Gasteiger partial charge >= 0.3 is 29.6 Å². The normalized spacial score (nSPS) is 10.1. The number of hydrogen-bond acceptors (Lipinski definition) is 3. The Balaban J connectivity index is 0.00000169. The van der Waals surface area contributed by atoms with Crippen molar-refractivity contribution in [2.24, 2.45) is 4.99 Å². The van der Waals surface area contributed by atoms with Gasteiger partial charge in [0.05, 0.1) is 0 Å². The third kappa shape index (κ3) is 4.16. The van der Waals surface area contributed by atoms with Gasteiger partial charge in [-0.2, -0.15) is 5.26 Å². The molecule has 0 fully saturated rings. The van der Waals surface area contributed by atoms with Gasteiger partial charge in [0, 0.05) is 0 Å². The van der Waals surface area contributed by atoms with Gasteiger partial charge in [-0.05, 0) is 18.1 Å². The van der Waals surface area contributed by atoms with Crippen molar-refractivity contribution in [1.29, 1.82) is 5.26 Å². The first-order chi connectivity index (χ1) is 6.24. The van der Waals surface area contributed by atoms with Crippen LogP contribution in [0.2, 0.25) is 0 Å². The SMILES string of the molecule is N#CN=C([S-])Cc1ccccc1F.[Na+]. The van der Waals surface area contributed by atoms with Crippen molar-refractivity contribution in [1.82, 2.24) is 0 Å². The smallest absolute Gasteiger partial charge is 0.763 e. The molecule has 2 nitrogen and oxygen atoms in total. The molecule has 0 saturated carbocycles. The van der Waals surface area contributed by atoms with Crippen LogP contribution < -0.4 is 29.6 Å². The maximum absolute atomic E-state index is 13.0. The second-order valence-electron chi connectivity index (χ2n) is 2.37. The van der Waals surface area contributed by atoms with Gasteiger partial charge in [0.25, 0.3) is 0 Å². The minimum absolute atomic E-state index is 0. The largest absolute Gasteiger partial charge is 1.00 e. The number of hydrogen-bond donors (Lipinski definition) is 0. The van der Waals surface area contributed by atoms with E-state index in [2.05, 4.69) is 4.99 Å². The van der Waals surface area contributed by atoms with Crippen LogP contribution in [0.3, 0.4) is 0 Å². The molecule has 66 valence electrons. The number of nitrogens with zero attached hydrogens (tertiary/aromatic N) is 2. The van der Waals surface area contributed by atoms with Crippen LogP contribution in [0.15, 0.2) is 29.3 Å². The van der Waals surface area contributed by atoms with Crippen LogP contribution in [0, 0.1) is 17.3 Å². The van der Waals surface area contributed by atoms with E-state index in [4.69, 9.17) is 17.9 Å². The van der Waals surface area contributed by atoms with Gasteiger partial charge in [-0.1, -0.05) is 23.2 Å². The van der Waals surface area contributed by atoms with Crippen LogP contribution in [0.4, 0.5) is 4.39 Å². The van der Waals surface area contributed by atoms with E-state index in [9.17, 15) is 4.39 Å². The first-order valence-corrected chi connectivity index (χ1v) is 4.01. The van der Waals surface area contributed by atoms with Crippen molar-refractivity contribution in [2.75, 3.05) is 0 Å². The summed E-state index contributed by atoms with van der Waals surface area (Å²) in [5.41, 5.74) is 0.464. The van der Waals surface area contributed by atoms with Gasteiger partial charge in [0.2, 0.25) is 6.19 Å². The molecule has 0 aliphatic heterocycles. The molecule has 5 heteroatoms. The Bertz CT molecular complexity index is 373. The van der Waals surface area contributed by atoms with Crippen LogP contribution in [0.5, 0.6) is 0 Å². The maximum Gasteiger partial charge on any atom is 1.00 e. The topological polar surface area (TPSA) is 36.1 Å². The van der Waals surface area contributed by atoms with Gasteiger partial charge in [-0.15, -0.1) is 0 Å². The van der Waals surface area contributed by atoms with Crippen molar-refractivity contribution < 1.29 is 33.9 Å². The number of rotatable bonds is 2. The number of halogens is 1. The molecule has 0 atom stereocenters. The molecular weight excluding hydrogens is 210 g/mol. The fourth-order valence-corrected chi connectivity index (χ4v) is 1.10. The van der Waals surface area contributed by atoms with Gasteiger partial charge < -0.3 is 12.6 Å². The standard InChI is InChI=1S/C9H7FN2S.Na/c10-8-4-2-1-3-7(8)5-9(13)12-6-11;/h1-4H,5H2,(H,12,13);/q;+1/p-1. The molecule has 0 bridgehead atoms. The molecule has 0 saturated heterocycles. The van der Waals surface area contributed by atoms with E-state index < -0.39 is 0 Å². The van der Waals surface area contributed by atoms with Crippen molar-refractivity contribution in [3.8, 4) is 6.19 Å². The van der Waals surface area contributed by atoms with Crippen molar-refractivity contribution in [2.45, 2.75) is 6.42 Å². The Morgan fingerprint density at radius 2 is 2.14 bits per heavy atom. The van der Waals surface area contributed by atoms with E-state index in [1.807, 2.05) is 0 Å². The maximum atomic E-state index is 13.0. The summed E-state index contributed by atoms with van der Waals surface area (Å²) in [5, 5.41) is 8.39. The van der Waals surface area contributed by atoms with E-state index in [0.717, 1.165) is 0 Å². The molecule has 0 spiro atoms. The number of nitriles is 1. The minimum Gasteiger partial charge on any atom is -0.763 e. The summed E-state index contributed by atoms with van der Waals surface area (Å²) < 4.78 is 13.0. The molecule has 0 heterocycles. The number of benzene rings is 1. The average Bonchev–Trinajstić information content (AvgIpc) is 2.09.